The first-order chi connectivity index (χ1) is 11.4. The molecule has 112 valence electrons. The summed E-state index contributed by atoms with van der Waals surface area (Å²) in [7, 11) is 0. The van der Waals surface area contributed by atoms with Crippen LogP contribution in [0.25, 0.3) is 10.8 Å². The number of rotatable bonds is 4. The van der Waals surface area contributed by atoms with Gasteiger partial charge >= 0.3 is 0 Å². The third kappa shape index (κ3) is 2.86. The number of hydrogen-bond acceptors (Lipinski definition) is 2. The van der Waals surface area contributed by atoms with Crippen LogP contribution in [-0.2, 0) is 13.0 Å². The molecule has 0 atom stereocenters. The molecule has 0 saturated heterocycles. The molecule has 1 aromatic heterocycles. The molecule has 0 fully saturated rings. The van der Waals surface area contributed by atoms with Crippen molar-refractivity contribution in [3.8, 4) is 0 Å². The zero-order valence-electron chi connectivity index (χ0n) is 12.8. The van der Waals surface area contributed by atoms with Gasteiger partial charge in [-0.25, -0.2) is 0 Å². The molecule has 1 heterocycles. The predicted molar refractivity (Wildman–Crippen MR) is 92.3 cm³/mol. The predicted octanol–water partition coefficient (Wildman–Crippen LogP) is 4.07. The number of hydrogen-bond donors (Lipinski definition) is 0. The van der Waals surface area contributed by atoms with Gasteiger partial charge in [-0.2, -0.15) is 0 Å². The lowest BCUT2D eigenvalue weighted by Crippen LogP contribution is -2.05. The molecule has 0 bridgehead atoms. The summed E-state index contributed by atoms with van der Waals surface area (Å²) < 4.78 is 2.13. The van der Waals surface area contributed by atoms with Gasteiger partial charge in [0.15, 0.2) is 0 Å². The van der Waals surface area contributed by atoms with Crippen molar-refractivity contribution in [1.82, 2.24) is 14.8 Å². The summed E-state index contributed by atoms with van der Waals surface area (Å²) in [5, 5.41) is 11.0. The van der Waals surface area contributed by atoms with E-state index in [1.54, 1.807) is 0 Å². The molecule has 0 aliphatic heterocycles. The highest BCUT2D eigenvalue weighted by atomic mass is 15.3. The second-order valence-corrected chi connectivity index (χ2v) is 5.68. The molecule has 3 heteroatoms. The van der Waals surface area contributed by atoms with E-state index in [2.05, 4.69) is 81.5 Å². The lowest BCUT2D eigenvalue weighted by Gasteiger charge is -2.10. The number of nitrogens with zero attached hydrogens (tertiary/aromatic N) is 3. The molecule has 0 spiro atoms. The van der Waals surface area contributed by atoms with Gasteiger partial charge in [-0.3, -0.25) is 0 Å². The number of fused-ring (bicyclic) bond motifs is 1. The largest absolute Gasteiger partial charge is 0.313 e. The summed E-state index contributed by atoms with van der Waals surface area (Å²) in [6.45, 7) is 0.788. The molecule has 3 aromatic carbocycles. The lowest BCUT2D eigenvalue weighted by atomic mass is 10.0. The van der Waals surface area contributed by atoms with Crippen molar-refractivity contribution >= 4 is 10.8 Å². The van der Waals surface area contributed by atoms with Crippen LogP contribution in [0.3, 0.4) is 0 Å². The van der Waals surface area contributed by atoms with Crippen LogP contribution in [0.15, 0.2) is 79.1 Å². The Balaban J connectivity index is 1.66. The van der Waals surface area contributed by atoms with Crippen molar-refractivity contribution in [2.75, 3.05) is 0 Å². The van der Waals surface area contributed by atoms with Crippen molar-refractivity contribution < 1.29 is 0 Å². The zero-order chi connectivity index (χ0) is 15.5. The molecule has 0 aliphatic carbocycles. The molecular formula is C20H17N3. The molecule has 23 heavy (non-hydrogen) atoms. The fourth-order valence-corrected chi connectivity index (χ4v) is 2.94. The van der Waals surface area contributed by atoms with Crippen molar-refractivity contribution in [2.45, 2.75) is 13.0 Å². The van der Waals surface area contributed by atoms with Crippen LogP contribution in [0.1, 0.15) is 17.0 Å². The monoisotopic (exact) mass is 299 g/mol. The van der Waals surface area contributed by atoms with Crippen LogP contribution >= 0.6 is 0 Å². The van der Waals surface area contributed by atoms with Gasteiger partial charge in [0.25, 0.3) is 0 Å². The van der Waals surface area contributed by atoms with Crippen molar-refractivity contribution in [3.05, 3.63) is 96.1 Å². The standard InChI is InChI=1S/C20H17N3/c1-2-7-16(8-3-1)13-20-22-21-15-23(20)14-18-11-6-10-17-9-4-5-12-19(17)18/h1-12,15H,13-14H2. The van der Waals surface area contributed by atoms with E-state index in [0.29, 0.717) is 0 Å². The number of benzene rings is 3. The Bertz CT molecular complexity index is 920. The summed E-state index contributed by atoms with van der Waals surface area (Å²) in [5.41, 5.74) is 2.54. The van der Waals surface area contributed by atoms with Crippen LogP contribution in [0.4, 0.5) is 0 Å². The van der Waals surface area contributed by atoms with E-state index in [1.807, 2.05) is 12.4 Å². The minimum atomic E-state index is 0.788. The Morgan fingerprint density at radius 3 is 2.48 bits per heavy atom. The Morgan fingerprint density at radius 2 is 1.57 bits per heavy atom. The van der Waals surface area contributed by atoms with Gasteiger partial charge < -0.3 is 4.57 Å². The summed E-state index contributed by atoms with van der Waals surface area (Å²) in [4.78, 5) is 0. The first-order valence-electron chi connectivity index (χ1n) is 7.77. The summed E-state index contributed by atoms with van der Waals surface area (Å²) >= 11 is 0. The lowest BCUT2D eigenvalue weighted by molar-refractivity contribution is 0.744. The molecule has 4 aromatic rings. The van der Waals surface area contributed by atoms with E-state index in [1.165, 1.54) is 21.9 Å². The normalized spacial score (nSPS) is 11.0. The van der Waals surface area contributed by atoms with Crippen molar-refractivity contribution in [3.63, 3.8) is 0 Å². The SMILES string of the molecule is c1ccc(Cc2nncn2Cc2cccc3ccccc23)cc1. The second kappa shape index (κ2) is 6.05. The maximum absolute atomic E-state index is 4.30. The highest BCUT2D eigenvalue weighted by molar-refractivity contribution is 5.85. The first kappa shape index (κ1) is 13.7. The fourth-order valence-electron chi connectivity index (χ4n) is 2.94. The fraction of sp³-hybridized carbons (Fsp3) is 0.100. The minimum Gasteiger partial charge on any atom is -0.313 e. The molecule has 0 aliphatic rings. The van der Waals surface area contributed by atoms with Crippen LogP contribution in [0, 0.1) is 0 Å². The quantitative estimate of drug-likeness (QED) is 0.568. The van der Waals surface area contributed by atoms with Crippen LogP contribution in [0.5, 0.6) is 0 Å². The minimum absolute atomic E-state index is 0.788. The average Bonchev–Trinajstić information content (AvgIpc) is 3.03. The highest BCUT2D eigenvalue weighted by Gasteiger charge is 2.08. The summed E-state index contributed by atoms with van der Waals surface area (Å²) in [6, 6.07) is 25.3. The van der Waals surface area contributed by atoms with Gasteiger partial charge in [0.1, 0.15) is 12.2 Å². The van der Waals surface area contributed by atoms with E-state index >= 15 is 0 Å². The summed E-state index contributed by atoms with van der Waals surface area (Å²) in [5.74, 6) is 0.990. The Morgan fingerprint density at radius 1 is 0.783 bits per heavy atom. The molecule has 3 nitrogen and oxygen atoms in total. The van der Waals surface area contributed by atoms with E-state index in [-0.39, 0.29) is 0 Å². The van der Waals surface area contributed by atoms with E-state index in [4.69, 9.17) is 0 Å². The van der Waals surface area contributed by atoms with Gasteiger partial charge in [0.2, 0.25) is 0 Å². The van der Waals surface area contributed by atoms with Gasteiger partial charge in [0.05, 0.1) is 6.54 Å². The zero-order valence-corrected chi connectivity index (χ0v) is 12.8. The molecule has 0 amide bonds. The molecular weight excluding hydrogens is 282 g/mol. The Kier molecular flexibility index (Phi) is 3.60. The average molecular weight is 299 g/mol. The molecule has 4 rings (SSSR count). The summed E-state index contributed by atoms with van der Waals surface area (Å²) in [6.07, 6.45) is 2.62. The third-order valence-electron chi connectivity index (χ3n) is 4.12. The Hall–Kier alpha value is -2.94. The first-order valence-corrected chi connectivity index (χ1v) is 7.77. The van der Waals surface area contributed by atoms with Crippen LogP contribution in [-0.4, -0.2) is 14.8 Å². The van der Waals surface area contributed by atoms with Gasteiger partial charge in [0, 0.05) is 6.42 Å². The third-order valence-corrected chi connectivity index (χ3v) is 4.12. The van der Waals surface area contributed by atoms with Crippen LogP contribution in [0.2, 0.25) is 0 Å². The van der Waals surface area contributed by atoms with Gasteiger partial charge in [-0.05, 0) is 21.9 Å². The second-order valence-electron chi connectivity index (χ2n) is 5.68. The number of aromatic nitrogens is 3. The molecule has 0 unspecified atom stereocenters. The van der Waals surface area contributed by atoms with E-state index in [0.717, 1.165) is 18.8 Å². The van der Waals surface area contributed by atoms with E-state index in [9.17, 15) is 0 Å². The van der Waals surface area contributed by atoms with Crippen molar-refractivity contribution in [1.29, 1.82) is 0 Å². The maximum Gasteiger partial charge on any atom is 0.137 e. The van der Waals surface area contributed by atoms with Crippen molar-refractivity contribution in [2.24, 2.45) is 0 Å². The maximum atomic E-state index is 4.30. The molecule has 0 saturated carbocycles. The highest BCUT2D eigenvalue weighted by Crippen LogP contribution is 2.20. The topological polar surface area (TPSA) is 30.7 Å². The van der Waals surface area contributed by atoms with E-state index < -0.39 is 0 Å². The molecule has 0 radical (unpaired) electrons. The smallest absolute Gasteiger partial charge is 0.137 e. The molecule has 0 N–H and O–H groups in total. The van der Waals surface area contributed by atoms with Gasteiger partial charge in [-0.1, -0.05) is 72.8 Å². The van der Waals surface area contributed by atoms with Gasteiger partial charge in [-0.15, -0.1) is 10.2 Å². The Labute approximate surface area is 135 Å². The van der Waals surface area contributed by atoms with Crippen LogP contribution < -0.4 is 0 Å².